The van der Waals surface area contributed by atoms with E-state index in [4.69, 9.17) is 4.74 Å². The van der Waals surface area contributed by atoms with E-state index < -0.39 is 0 Å². The Morgan fingerprint density at radius 2 is 2.10 bits per heavy atom. The smallest absolute Gasteiger partial charge is 0.137 e. The Labute approximate surface area is 127 Å². The van der Waals surface area contributed by atoms with Gasteiger partial charge in [0, 0.05) is 25.7 Å². The van der Waals surface area contributed by atoms with E-state index in [1.165, 1.54) is 38.5 Å². The van der Waals surface area contributed by atoms with Gasteiger partial charge >= 0.3 is 0 Å². The van der Waals surface area contributed by atoms with Crippen molar-refractivity contribution < 1.29 is 4.74 Å². The maximum absolute atomic E-state index is 5.86. The molecule has 0 amide bonds. The van der Waals surface area contributed by atoms with Gasteiger partial charge in [-0.25, -0.2) is 4.98 Å². The molecule has 0 N–H and O–H groups in total. The zero-order valence-electron chi connectivity index (χ0n) is 13.2. The lowest BCUT2D eigenvalue weighted by Gasteiger charge is -2.37. The van der Waals surface area contributed by atoms with Gasteiger partial charge in [-0.2, -0.15) is 5.10 Å². The Morgan fingerprint density at radius 3 is 2.76 bits per heavy atom. The van der Waals surface area contributed by atoms with E-state index >= 15 is 0 Å². The van der Waals surface area contributed by atoms with Crippen molar-refractivity contribution in [3.8, 4) is 0 Å². The van der Waals surface area contributed by atoms with Gasteiger partial charge in [-0.1, -0.05) is 6.92 Å². The first kappa shape index (κ1) is 15.0. The van der Waals surface area contributed by atoms with Gasteiger partial charge in [-0.05, 0) is 44.4 Å². The van der Waals surface area contributed by atoms with Gasteiger partial charge < -0.3 is 4.74 Å². The third-order valence-electron chi connectivity index (χ3n) is 5.05. The molecule has 1 saturated carbocycles. The lowest BCUT2D eigenvalue weighted by Crippen LogP contribution is -2.43. The van der Waals surface area contributed by atoms with E-state index in [-0.39, 0.29) is 0 Å². The highest BCUT2D eigenvalue weighted by Crippen LogP contribution is 2.28. The summed E-state index contributed by atoms with van der Waals surface area (Å²) in [6.45, 7) is 6.41. The predicted octanol–water partition coefficient (Wildman–Crippen LogP) is 2.34. The van der Waals surface area contributed by atoms with Crippen molar-refractivity contribution >= 4 is 0 Å². The minimum atomic E-state index is 0.445. The Bertz CT molecular complexity index is 394. The fourth-order valence-electron chi connectivity index (χ4n) is 3.66. The summed E-state index contributed by atoms with van der Waals surface area (Å²) in [7, 11) is 0. The summed E-state index contributed by atoms with van der Waals surface area (Å²) >= 11 is 0. The van der Waals surface area contributed by atoms with Gasteiger partial charge in [0.2, 0.25) is 0 Å². The van der Waals surface area contributed by atoms with Crippen molar-refractivity contribution in [2.75, 3.05) is 19.7 Å². The molecule has 0 bridgehead atoms. The van der Waals surface area contributed by atoms with Crippen molar-refractivity contribution in [2.45, 2.75) is 64.1 Å². The van der Waals surface area contributed by atoms with Gasteiger partial charge in [-0.3, -0.25) is 9.58 Å². The SMILES string of the molecule is CC1CCC(N(CCn2cncn2)C[C@@H]2CCCO2)CC1. The Hall–Kier alpha value is -0.940. The second kappa shape index (κ2) is 7.36. The molecule has 2 aliphatic rings. The molecule has 118 valence electrons. The minimum Gasteiger partial charge on any atom is -0.377 e. The van der Waals surface area contributed by atoms with E-state index in [1.807, 2.05) is 11.0 Å². The van der Waals surface area contributed by atoms with Gasteiger partial charge in [0.1, 0.15) is 12.7 Å². The molecule has 1 aliphatic carbocycles. The van der Waals surface area contributed by atoms with Crippen LogP contribution in [0, 0.1) is 5.92 Å². The number of nitrogens with zero attached hydrogens (tertiary/aromatic N) is 4. The van der Waals surface area contributed by atoms with Crippen LogP contribution in [-0.4, -0.2) is 51.5 Å². The van der Waals surface area contributed by atoms with Gasteiger partial charge in [0.25, 0.3) is 0 Å². The zero-order valence-corrected chi connectivity index (χ0v) is 13.2. The van der Waals surface area contributed by atoms with Gasteiger partial charge in [-0.15, -0.1) is 0 Å². The Kier molecular flexibility index (Phi) is 5.25. The molecular weight excluding hydrogens is 264 g/mol. The lowest BCUT2D eigenvalue weighted by atomic mass is 9.86. The molecule has 5 nitrogen and oxygen atoms in total. The summed E-state index contributed by atoms with van der Waals surface area (Å²) in [5.74, 6) is 0.904. The first-order chi connectivity index (χ1) is 10.3. The van der Waals surface area contributed by atoms with E-state index in [1.54, 1.807) is 6.33 Å². The van der Waals surface area contributed by atoms with Crippen molar-refractivity contribution in [3.05, 3.63) is 12.7 Å². The third-order valence-corrected chi connectivity index (χ3v) is 5.05. The molecule has 2 fully saturated rings. The molecule has 1 aromatic heterocycles. The van der Waals surface area contributed by atoms with Crippen molar-refractivity contribution in [1.82, 2.24) is 19.7 Å². The number of hydrogen-bond acceptors (Lipinski definition) is 4. The number of hydrogen-bond donors (Lipinski definition) is 0. The van der Waals surface area contributed by atoms with Crippen molar-refractivity contribution in [2.24, 2.45) is 5.92 Å². The first-order valence-electron chi connectivity index (χ1n) is 8.49. The Morgan fingerprint density at radius 1 is 1.24 bits per heavy atom. The highest BCUT2D eigenvalue weighted by atomic mass is 16.5. The van der Waals surface area contributed by atoms with Crippen molar-refractivity contribution in [3.63, 3.8) is 0 Å². The molecule has 0 spiro atoms. The largest absolute Gasteiger partial charge is 0.377 e. The van der Waals surface area contributed by atoms with Crippen LogP contribution in [0.2, 0.25) is 0 Å². The van der Waals surface area contributed by atoms with Crippen LogP contribution in [0.4, 0.5) is 0 Å². The molecule has 0 unspecified atom stereocenters. The average molecular weight is 292 g/mol. The van der Waals surface area contributed by atoms with Crippen LogP contribution < -0.4 is 0 Å². The van der Waals surface area contributed by atoms with Gasteiger partial charge in [0.05, 0.1) is 12.6 Å². The molecule has 1 aromatic rings. The summed E-state index contributed by atoms with van der Waals surface area (Å²) in [6.07, 6.45) is 11.7. The molecule has 0 aromatic carbocycles. The highest BCUT2D eigenvalue weighted by Gasteiger charge is 2.27. The summed E-state index contributed by atoms with van der Waals surface area (Å²) in [5.41, 5.74) is 0. The molecular formula is C16H28N4O. The molecule has 3 rings (SSSR count). The van der Waals surface area contributed by atoms with Crippen LogP contribution in [0.25, 0.3) is 0 Å². The number of aromatic nitrogens is 3. The zero-order chi connectivity index (χ0) is 14.5. The summed E-state index contributed by atoms with van der Waals surface area (Å²) < 4.78 is 7.79. The maximum atomic E-state index is 5.86. The second-order valence-electron chi connectivity index (χ2n) is 6.70. The standard InChI is InChI=1S/C16H28N4O/c1-14-4-6-15(7-5-14)19(11-16-3-2-10-21-16)8-9-20-13-17-12-18-20/h12-16H,2-11H2,1H3/t14?,15?,16-/m0/s1. The van der Waals surface area contributed by atoms with E-state index in [0.717, 1.165) is 38.2 Å². The van der Waals surface area contributed by atoms with Crippen LogP contribution in [0.1, 0.15) is 45.4 Å². The summed E-state index contributed by atoms with van der Waals surface area (Å²) in [5, 5.41) is 4.22. The third kappa shape index (κ3) is 4.27. The number of rotatable bonds is 6. The fourth-order valence-corrected chi connectivity index (χ4v) is 3.66. The van der Waals surface area contributed by atoms with Crippen LogP contribution in [0.3, 0.4) is 0 Å². The second-order valence-corrected chi connectivity index (χ2v) is 6.70. The quantitative estimate of drug-likeness (QED) is 0.807. The molecule has 1 saturated heterocycles. The normalized spacial score (nSPS) is 30.1. The van der Waals surface area contributed by atoms with E-state index in [9.17, 15) is 0 Å². The highest BCUT2D eigenvalue weighted by molar-refractivity contribution is 4.81. The summed E-state index contributed by atoms with van der Waals surface area (Å²) in [6, 6.07) is 0.730. The topological polar surface area (TPSA) is 43.2 Å². The number of ether oxygens (including phenoxy) is 1. The predicted molar refractivity (Wildman–Crippen MR) is 82.0 cm³/mol. The molecule has 0 radical (unpaired) electrons. The molecule has 5 heteroatoms. The monoisotopic (exact) mass is 292 g/mol. The average Bonchev–Trinajstić information content (AvgIpc) is 3.18. The van der Waals surface area contributed by atoms with E-state index in [0.29, 0.717) is 6.10 Å². The van der Waals surface area contributed by atoms with Crippen LogP contribution in [0.15, 0.2) is 12.7 Å². The summed E-state index contributed by atoms with van der Waals surface area (Å²) in [4.78, 5) is 6.69. The molecule has 1 atom stereocenters. The maximum Gasteiger partial charge on any atom is 0.137 e. The van der Waals surface area contributed by atoms with Crippen LogP contribution in [-0.2, 0) is 11.3 Å². The van der Waals surface area contributed by atoms with Gasteiger partial charge in [0.15, 0.2) is 0 Å². The lowest BCUT2D eigenvalue weighted by molar-refractivity contribution is 0.0428. The molecule has 2 heterocycles. The first-order valence-corrected chi connectivity index (χ1v) is 8.49. The van der Waals surface area contributed by atoms with E-state index in [2.05, 4.69) is 21.9 Å². The van der Waals surface area contributed by atoms with Crippen molar-refractivity contribution in [1.29, 1.82) is 0 Å². The fraction of sp³-hybridized carbons (Fsp3) is 0.875. The van der Waals surface area contributed by atoms with Crippen LogP contribution >= 0.6 is 0 Å². The molecule has 1 aliphatic heterocycles. The minimum absolute atomic E-state index is 0.445. The Balaban J connectivity index is 1.56. The van der Waals surface area contributed by atoms with Crippen LogP contribution in [0.5, 0.6) is 0 Å². The molecule has 21 heavy (non-hydrogen) atoms.